The summed E-state index contributed by atoms with van der Waals surface area (Å²) in [6.45, 7) is 2.13. The smallest absolute Gasteiger partial charge is 0.224 e. The molecule has 0 radical (unpaired) electrons. The highest BCUT2D eigenvalue weighted by molar-refractivity contribution is 9.10. The molecular weight excluding hydrogens is 394 g/mol. The molecule has 0 aliphatic rings. The van der Waals surface area contributed by atoms with E-state index in [0.717, 1.165) is 46.4 Å². The van der Waals surface area contributed by atoms with Gasteiger partial charge in [-0.05, 0) is 64.2 Å². The van der Waals surface area contributed by atoms with Gasteiger partial charge in [-0.3, -0.25) is 4.79 Å². The first-order valence-electron chi connectivity index (χ1n) is 8.80. The maximum absolute atomic E-state index is 12.5. The summed E-state index contributed by atoms with van der Waals surface area (Å²) in [5.74, 6) is 1.63. The predicted molar refractivity (Wildman–Crippen MR) is 108 cm³/mol. The van der Waals surface area contributed by atoms with E-state index in [1.54, 1.807) is 14.2 Å². The van der Waals surface area contributed by atoms with Crippen molar-refractivity contribution >= 4 is 21.8 Å². The second-order valence-corrected chi connectivity index (χ2v) is 7.11. The Hall–Kier alpha value is -2.01. The van der Waals surface area contributed by atoms with Gasteiger partial charge in [-0.2, -0.15) is 0 Å². The second-order valence-electron chi connectivity index (χ2n) is 6.25. The molecule has 2 rings (SSSR count). The van der Waals surface area contributed by atoms with E-state index in [1.165, 1.54) is 0 Å². The molecule has 5 heteroatoms. The van der Waals surface area contributed by atoms with Crippen molar-refractivity contribution in [1.82, 2.24) is 5.32 Å². The number of amides is 1. The molecule has 2 aromatic carbocycles. The molecule has 0 saturated heterocycles. The molecule has 140 valence electrons. The van der Waals surface area contributed by atoms with Gasteiger partial charge in [0.25, 0.3) is 0 Å². The highest BCUT2D eigenvalue weighted by Gasteiger charge is 2.14. The Kier molecular flexibility index (Phi) is 7.98. The topological polar surface area (TPSA) is 47.6 Å². The minimum absolute atomic E-state index is 0.0309. The Morgan fingerprint density at radius 1 is 1.12 bits per heavy atom. The largest absolute Gasteiger partial charge is 0.497 e. The van der Waals surface area contributed by atoms with Gasteiger partial charge in [-0.25, -0.2) is 0 Å². The lowest BCUT2D eigenvalue weighted by Crippen LogP contribution is -2.37. The monoisotopic (exact) mass is 419 g/mol. The summed E-state index contributed by atoms with van der Waals surface area (Å²) in [5, 5.41) is 3.17. The molecule has 0 aromatic heterocycles. The van der Waals surface area contributed by atoms with E-state index in [2.05, 4.69) is 34.2 Å². The van der Waals surface area contributed by atoms with Crippen molar-refractivity contribution < 1.29 is 14.3 Å². The zero-order chi connectivity index (χ0) is 18.9. The van der Waals surface area contributed by atoms with Crippen LogP contribution < -0.4 is 14.8 Å². The molecule has 0 saturated carbocycles. The van der Waals surface area contributed by atoms with Gasteiger partial charge in [0.15, 0.2) is 0 Å². The average Bonchev–Trinajstić information content (AvgIpc) is 2.62. The van der Waals surface area contributed by atoms with E-state index in [4.69, 9.17) is 9.47 Å². The van der Waals surface area contributed by atoms with Gasteiger partial charge in [-0.1, -0.05) is 31.5 Å². The van der Waals surface area contributed by atoms with Crippen LogP contribution in [0.3, 0.4) is 0 Å². The number of halogens is 1. The summed E-state index contributed by atoms with van der Waals surface area (Å²) >= 11 is 3.46. The Morgan fingerprint density at radius 3 is 2.58 bits per heavy atom. The standard InChI is InChI=1S/C21H26BrNO3/c1-4-6-17(11-15-7-5-8-18(12-15)25-2)23-21(24)14-16-9-10-20(26-3)19(22)13-16/h5,7-10,12-13,17H,4,6,11,14H2,1-3H3,(H,23,24). The van der Waals surface area contributed by atoms with Crippen LogP contribution in [0.15, 0.2) is 46.9 Å². The quantitative estimate of drug-likeness (QED) is 0.648. The van der Waals surface area contributed by atoms with Crippen LogP contribution in [-0.2, 0) is 17.6 Å². The van der Waals surface area contributed by atoms with Crippen molar-refractivity contribution in [2.75, 3.05) is 14.2 Å². The van der Waals surface area contributed by atoms with E-state index < -0.39 is 0 Å². The minimum atomic E-state index is 0.0309. The number of ether oxygens (including phenoxy) is 2. The van der Waals surface area contributed by atoms with Gasteiger partial charge in [0.05, 0.1) is 25.1 Å². The predicted octanol–water partition coefficient (Wildman–Crippen LogP) is 4.54. The van der Waals surface area contributed by atoms with E-state index >= 15 is 0 Å². The molecule has 0 aliphatic carbocycles. The van der Waals surface area contributed by atoms with Crippen molar-refractivity contribution in [3.05, 3.63) is 58.1 Å². The van der Waals surface area contributed by atoms with Crippen LogP contribution in [0.5, 0.6) is 11.5 Å². The number of rotatable bonds is 9. The lowest BCUT2D eigenvalue weighted by molar-refractivity contribution is -0.121. The molecule has 2 aromatic rings. The lowest BCUT2D eigenvalue weighted by atomic mass is 10.0. The number of carbonyl (C=O) groups is 1. The Bertz CT molecular complexity index is 733. The first-order valence-corrected chi connectivity index (χ1v) is 9.59. The van der Waals surface area contributed by atoms with Crippen LogP contribution in [0.2, 0.25) is 0 Å². The van der Waals surface area contributed by atoms with E-state index in [1.807, 2.05) is 36.4 Å². The summed E-state index contributed by atoms with van der Waals surface area (Å²) in [4.78, 5) is 12.5. The maximum Gasteiger partial charge on any atom is 0.224 e. The van der Waals surface area contributed by atoms with Crippen molar-refractivity contribution in [2.24, 2.45) is 0 Å². The third kappa shape index (κ3) is 6.06. The van der Waals surface area contributed by atoms with Gasteiger partial charge in [0.2, 0.25) is 5.91 Å². The number of hydrogen-bond donors (Lipinski definition) is 1. The number of methoxy groups -OCH3 is 2. The maximum atomic E-state index is 12.5. The Balaban J connectivity index is 1.99. The van der Waals surface area contributed by atoms with E-state index in [9.17, 15) is 4.79 Å². The molecule has 1 unspecified atom stereocenters. The fourth-order valence-corrected chi connectivity index (χ4v) is 3.53. The third-order valence-corrected chi connectivity index (χ3v) is 4.82. The van der Waals surface area contributed by atoms with Gasteiger partial charge in [0.1, 0.15) is 11.5 Å². The van der Waals surface area contributed by atoms with Crippen LogP contribution in [0, 0.1) is 0 Å². The number of carbonyl (C=O) groups excluding carboxylic acids is 1. The molecule has 1 atom stereocenters. The first-order chi connectivity index (χ1) is 12.5. The van der Waals surface area contributed by atoms with E-state index in [0.29, 0.717) is 6.42 Å². The summed E-state index contributed by atoms with van der Waals surface area (Å²) in [7, 11) is 3.29. The summed E-state index contributed by atoms with van der Waals surface area (Å²) in [6.07, 6.45) is 3.10. The normalized spacial score (nSPS) is 11.7. The van der Waals surface area contributed by atoms with Crippen LogP contribution in [-0.4, -0.2) is 26.2 Å². The molecular formula is C21H26BrNO3. The molecule has 0 spiro atoms. The second kappa shape index (κ2) is 10.2. The highest BCUT2D eigenvalue weighted by Crippen LogP contribution is 2.25. The SMILES string of the molecule is CCCC(Cc1cccc(OC)c1)NC(=O)Cc1ccc(OC)c(Br)c1. The fourth-order valence-electron chi connectivity index (χ4n) is 2.94. The lowest BCUT2D eigenvalue weighted by Gasteiger charge is -2.19. The third-order valence-electron chi connectivity index (χ3n) is 4.20. The molecule has 1 amide bonds. The van der Waals surface area contributed by atoms with Gasteiger partial charge in [0, 0.05) is 6.04 Å². The van der Waals surface area contributed by atoms with Crippen LogP contribution >= 0.6 is 15.9 Å². The van der Waals surface area contributed by atoms with Crippen molar-refractivity contribution in [1.29, 1.82) is 0 Å². The van der Waals surface area contributed by atoms with Crippen molar-refractivity contribution in [2.45, 2.75) is 38.6 Å². The van der Waals surface area contributed by atoms with Gasteiger partial charge >= 0.3 is 0 Å². The van der Waals surface area contributed by atoms with Crippen LogP contribution in [0.25, 0.3) is 0 Å². The number of nitrogens with one attached hydrogen (secondary N) is 1. The Morgan fingerprint density at radius 2 is 1.92 bits per heavy atom. The Labute approximate surface area is 164 Å². The zero-order valence-electron chi connectivity index (χ0n) is 15.5. The van der Waals surface area contributed by atoms with Crippen LogP contribution in [0.4, 0.5) is 0 Å². The van der Waals surface area contributed by atoms with Gasteiger partial charge in [-0.15, -0.1) is 0 Å². The number of hydrogen-bond acceptors (Lipinski definition) is 3. The van der Waals surface area contributed by atoms with E-state index in [-0.39, 0.29) is 11.9 Å². The molecule has 26 heavy (non-hydrogen) atoms. The first kappa shape index (κ1) is 20.3. The summed E-state index contributed by atoms with van der Waals surface area (Å²) in [6, 6.07) is 13.8. The highest BCUT2D eigenvalue weighted by atomic mass is 79.9. The molecule has 1 N–H and O–H groups in total. The molecule has 0 aliphatic heterocycles. The van der Waals surface area contributed by atoms with Crippen molar-refractivity contribution in [3.63, 3.8) is 0 Å². The van der Waals surface area contributed by atoms with Gasteiger partial charge < -0.3 is 14.8 Å². The summed E-state index contributed by atoms with van der Waals surface area (Å²) < 4.78 is 11.4. The van der Waals surface area contributed by atoms with Crippen molar-refractivity contribution in [3.8, 4) is 11.5 Å². The summed E-state index contributed by atoms with van der Waals surface area (Å²) in [5.41, 5.74) is 2.11. The van der Waals surface area contributed by atoms with Crippen LogP contribution in [0.1, 0.15) is 30.9 Å². The molecule has 0 fully saturated rings. The number of benzene rings is 2. The fraction of sp³-hybridized carbons (Fsp3) is 0.381. The molecule has 0 bridgehead atoms. The molecule has 4 nitrogen and oxygen atoms in total. The zero-order valence-corrected chi connectivity index (χ0v) is 17.1. The minimum Gasteiger partial charge on any atom is -0.497 e. The molecule has 0 heterocycles. The average molecular weight is 420 g/mol.